The number of carbonyl (C=O) groups is 1. The van der Waals surface area contributed by atoms with Crippen molar-refractivity contribution in [3.63, 3.8) is 0 Å². The number of rotatable bonds is 4. The minimum absolute atomic E-state index is 0.127. The molecule has 1 aromatic carbocycles. The minimum Gasteiger partial charge on any atom is -0.495 e. The molecule has 1 heterocycles. The van der Waals surface area contributed by atoms with Crippen molar-refractivity contribution in [2.75, 3.05) is 20.2 Å². The van der Waals surface area contributed by atoms with E-state index in [4.69, 9.17) is 10.6 Å². The van der Waals surface area contributed by atoms with Crippen LogP contribution in [0, 0.1) is 12.8 Å². The molecule has 0 spiro atoms. The molecule has 0 radical (unpaired) electrons. The molecular formula is C14H21N3O4S. The second-order valence-electron chi connectivity index (χ2n) is 5.37. The maximum atomic E-state index is 12.9. The second kappa shape index (κ2) is 6.64. The molecule has 3 N–H and O–H groups in total. The number of carbonyl (C=O) groups excluding carboxylic acids is 1. The van der Waals surface area contributed by atoms with E-state index in [2.05, 4.69) is 5.43 Å². The molecule has 1 saturated heterocycles. The van der Waals surface area contributed by atoms with E-state index in [0.717, 1.165) is 5.56 Å². The standard InChI is InChI=1S/C14H21N3O4S/c1-10-5-6-12(21-2)13(8-10)22(19,20)17-7-3-4-11(9-17)14(18)16-15/h5-6,8,11H,3-4,7,9,15H2,1-2H3,(H,16,18). The molecule has 1 aliphatic heterocycles. The molecule has 0 aromatic heterocycles. The molecule has 7 nitrogen and oxygen atoms in total. The maximum Gasteiger partial charge on any atom is 0.246 e. The van der Waals surface area contributed by atoms with Crippen LogP contribution < -0.4 is 16.0 Å². The van der Waals surface area contributed by atoms with Gasteiger partial charge in [0.25, 0.3) is 0 Å². The predicted molar refractivity (Wildman–Crippen MR) is 81.5 cm³/mol. The van der Waals surface area contributed by atoms with Crippen molar-refractivity contribution in [1.82, 2.24) is 9.73 Å². The first-order valence-corrected chi connectivity index (χ1v) is 8.49. The van der Waals surface area contributed by atoms with Crippen LogP contribution in [0.4, 0.5) is 0 Å². The van der Waals surface area contributed by atoms with Crippen LogP contribution in [0.5, 0.6) is 5.75 Å². The Morgan fingerprint density at radius 3 is 2.82 bits per heavy atom. The molecule has 0 bridgehead atoms. The highest BCUT2D eigenvalue weighted by atomic mass is 32.2. The van der Waals surface area contributed by atoms with E-state index in [1.54, 1.807) is 18.2 Å². The second-order valence-corrected chi connectivity index (χ2v) is 7.27. The summed E-state index contributed by atoms with van der Waals surface area (Å²) in [6, 6.07) is 5.01. The Morgan fingerprint density at radius 1 is 1.45 bits per heavy atom. The number of sulfonamides is 1. The number of amides is 1. The van der Waals surface area contributed by atoms with Gasteiger partial charge in [-0.15, -0.1) is 0 Å². The Balaban J connectivity index is 2.34. The number of nitrogens with zero attached hydrogens (tertiary/aromatic N) is 1. The highest BCUT2D eigenvalue weighted by Gasteiger charge is 2.34. The van der Waals surface area contributed by atoms with E-state index in [-0.39, 0.29) is 17.3 Å². The van der Waals surface area contributed by atoms with Gasteiger partial charge in [0, 0.05) is 13.1 Å². The maximum absolute atomic E-state index is 12.9. The van der Waals surface area contributed by atoms with E-state index >= 15 is 0 Å². The lowest BCUT2D eigenvalue weighted by molar-refractivity contribution is -0.126. The first-order chi connectivity index (χ1) is 10.4. The van der Waals surface area contributed by atoms with Crippen LogP contribution in [0.1, 0.15) is 18.4 Å². The summed E-state index contributed by atoms with van der Waals surface area (Å²) in [4.78, 5) is 11.8. The van der Waals surface area contributed by atoms with Gasteiger partial charge in [-0.2, -0.15) is 4.31 Å². The van der Waals surface area contributed by atoms with Gasteiger partial charge in [0.2, 0.25) is 15.9 Å². The van der Waals surface area contributed by atoms with Gasteiger partial charge in [0.15, 0.2) is 0 Å². The molecule has 1 fully saturated rings. The van der Waals surface area contributed by atoms with Gasteiger partial charge in [0.05, 0.1) is 13.0 Å². The number of nitrogens with one attached hydrogen (secondary N) is 1. The molecule has 1 unspecified atom stereocenters. The van der Waals surface area contributed by atoms with Gasteiger partial charge in [0.1, 0.15) is 10.6 Å². The number of methoxy groups -OCH3 is 1. The SMILES string of the molecule is COc1ccc(C)cc1S(=O)(=O)N1CCCC(C(=O)NN)C1. The van der Waals surface area contributed by atoms with E-state index in [9.17, 15) is 13.2 Å². The highest BCUT2D eigenvalue weighted by molar-refractivity contribution is 7.89. The van der Waals surface area contributed by atoms with Crippen LogP contribution in [-0.2, 0) is 14.8 Å². The third kappa shape index (κ3) is 3.23. The Bertz CT molecular complexity index is 660. The van der Waals surface area contributed by atoms with Crippen LogP contribution in [0.15, 0.2) is 23.1 Å². The fourth-order valence-electron chi connectivity index (χ4n) is 2.62. The average molecular weight is 327 g/mol. The summed E-state index contributed by atoms with van der Waals surface area (Å²) in [6.45, 7) is 2.33. The van der Waals surface area contributed by atoms with E-state index in [1.807, 2.05) is 6.92 Å². The number of benzene rings is 1. The molecular weight excluding hydrogens is 306 g/mol. The lowest BCUT2D eigenvalue weighted by Crippen LogP contribution is -2.46. The average Bonchev–Trinajstić information content (AvgIpc) is 2.54. The van der Waals surface area contributed by atoms with E-state index in [1.165, 1.54) is 11.4 Å². The lowest BCUT2D eigenvalue weighted by atomic mass is 9.99. The van der Waals surface area contributed by atoms with Gasteiger partial charge in [-0.05, 0) is 37.5 Å². The van der Waals surface area contributed by atoms with Crippen molar-refractivity contribution >= 4 is 15.9 Å². The number of piperidine rings is 1. The smallest absolute Gasteiger partial charge is 0.246 e. The molecule has 0 aliphatic carbocycles. The van der Waals surface area contributed by atoms with E-state index < -0.39 is 15.9 Å². The third-order valence-corrected chi connectivity index (χ3v) is 5.72. The summed E-state index contributed by atoms with van der Waals surface area (Å²) in [5.74, 6) is 4.68. The van der Waals surface area contributed by atoms with E-state index in [0.29, 0.717) is 25.1 Å². The highest BCUT2D eigenvalue weighted by Crippen LogP contribution is 2.30. The molecule has 1 aromatic rings. The zero-order valence-electron chi connectivity index (χ0n) is 12.7. The van der Waals surface area contributed by atoms with Crippen LogP contribution >= 0.6 is 0 Å². The van der Waals surface area contributed by atoms with Crippen molar-refractivity contribution in [3.8, 4) is 5.75 Å². The largest absolute Gasteiger partial charge is 0.495 e. The monoisotopic (exact) mass is 327 g/mol. The van der Waals surface area contributed by atoms with Crippen LogP contribution in [0.2, 0.25) is 0 Å². The number of hydrogen-bond donors (Lipinski definition) is 2. The Morgan fingerprint density at radius 2 is 2.18 bits per heavy atom. The molecule has 1 aliphatic rings. The molecule has 0 saturated carbocycles. The molecule has 2 rings (SSSR count). The zero-order chi connectivity index (χ0) is 16.3. The van der Waals surface area contributed by atoms with Gasteiger partial charge < -0.3 is 4.74 Å². The Labute approximate surface area is 130 Å². The fourth-order valence-corrected chi connectivity index (χ4v) is 4.38. The summed E-state index contributed by atoms with van der Waals surface area (Å²) in [5.41, 5.74) is 2.92. The summed E-state index contributed by atoms with van der Waals surface area (Å²) in [7, 11) is -2.28. The third-order valence-electron chi connectivity index (χ3n) is 3.83. The summed E-state index contributed by atoms with van der Waals surface area (Å²) in [6.07, 6.45) is 1.24. The molecule has 8 heteroatoms. The first kappa shape index (κ1) is 16.7. The first-order valence-electron chi connectivity index (χ1n) is 7.05. The predicted octanol–water partition coefficient (Wildman–Crippen LogP) is 0.394. The van der Waals surface area contributed by atoms with Gasteiger partial charge in [-0.1, -0.05) is 6.07 Å². The van der Waals surface area contributed by atoms with Crippen molar-refractivity contribution < 1.29 is 17.9 Å². The van der Waals surface area contributed by atoms with Gasteiger partial charge in [-0.25, -0.2) is 14.3 Å². The van der Waals surface area contributed by atoms with Crippen LogP contribution in [0.25, 0.3) is 0 Å². The van der Waals surface area contributed by atoms with Crippen LogP contribution in [0.3, 0.4) is 0 Å². The Kier molecular flexibility index (Phi) is 5.05. The number of nitrogens with two attached hydrogens (primary N) is 1. The number of aryl methyl sites for hydroxylation is 1. The molecule has 1 amide bonds. The lowest BCUT2D eigenvalue weighted by Gasteiger charge is -2.31. The molecule has 122 valence electrons. The van der Waals surface area contributed by atoms with Gasteiger partial charge in [-0.3, -0.25) is 10.2 Å². The van der Waals surface area contributed by atoms with Gasteiger partial charge >= 0.3 is 0 Å². The zero-order valence-corrected chi connectivity index (χ0v) is 13.5. The van der Waals surface area contributed by atoms with Crippen molar-refractivity contribution in [1.29, 1.82) is 0 Å². The fraction of sp³-hybridized carbons (Fsp3) is 0.500. The van der Waals surface area contributed by atoms with Crippen molar-refractivity contribution in [2.45, 2.75) is 24.7 Å². The number of hydrogen-bond acceptors (Lipinski definition) is 5. The quantitative estimate of drug-likeness (QED) is 0.473. The minimum atomic E-state index is -3.71. The number of hydrazine groups is 1. The number of ether oxygens (including phenoxy) is 1. The topological polar surface area (TPSA) is 102 Å². The molecule has 1 atom stereocenters. The summed E-state index contributed by atoms with van der Waals surface area (Å²) < 4.78 is 32.2. The summed E-state index contributed by atoms with van der Waals surface area (Å²) in [5, 5.41) is 0. The van der Waals surface area contributed by atoms with Crippen LogP contribution in [-0.4, -0.2) is 38.8 Å². The molecule has 22 heavy (non-hydrogen) atoms. The van der Waals surface area contributed by atoms with Crippen molar-refractivity contribution in [2.24, 2.45) is 11.8 Å². The normalized spacial score (nSPS) is 19.7. The van der Waals surface area contributed by atoms with Crippen molar-refractivity contribution in [3.05, 3.63) is 23.8 Å². The Hall–Kier alpha value is -1.64. The summed E-state index contributed by atoms with van der Waals surface area (Å²) >= 11 is 0.